The van der Waals surface area contributed by atoms with Gasteiger partial charge in [0.2, 0.25) is 0 Å². The molecule has 1 atom stereocenters. The summed E-state index contributed by atoms with van der Waals surface area (Å²) in [4.78, 5) is 1.28. The van der Waals surface area contributed by atoms with E-state index >= 15 is 0 Å². The van der Waals surface area contributed by atoms with Crippen molar-refractivity contribution in [1.29, 1.82) is 5.26 Å². The van der Waals surface area contributed by atoms with Gasteiger partial charge in [0, 0.05) is 18.0 Å². The molecule has 0 spiro atoms. The lowest BCUT2D eigenvalue weighted by molar-refractivity contribution is 0.106. The van der Waals surface area contributed by atoms with Gasteiger partial charge in [-0.25, -0.2) is 0 Å². The van der Waals surface area contributed by atoms with Crippen molar-refractivity contribution in [2.24, 2.45) is 0 Å². The van der Waals surface area contributed by atoms with Gasteiger partial charge in [0.25, 0.3) is 0 Å². The monoisotopic (exact) mass is 302 g/mol. The zero-order valence-electron chi connectivity index (χ0n) is 11.9. The predicted octanol–water partition coefficient (Wildman–Crippen LogP) is 2.46. The van der Waals surface area contributed by atoms with Crippen molar-refractivity contribution >= 4 is 11.3 Å². The van der Waals surface area contributed by atoms with E-state index in [9.17, 15) is 5.11 Å². The number of nitrogens with zero attached hydrogens (tertiary/aromatic N) is 1. The second-order valence-electron chi connectivity index (χ2n) is 4.73. The van der Waals surface area contributed by atoms with Gasteiger partial charge >= 0.3 is 0 Å². The molecule has 1 unspecified atom stereocenters. The number of aryl methyl sites for hydroxylation is 1. The Bertz CT molecular complexity index is 619. The molecule has 2 rings (SSSR count). The molecule has 0 bridgehead atoms. The Morgan fingerprint density at radius 2 is 2.19 bits per heavy atom. The maximum atomic E-state index is 9.91. The Morgan fingerprint density at radius 3 is 2.90 bits per heavy atom. The summed E-state index contributed by atoms with van der Waals surface area (Å²) in [6, 6.07) is 11.2. The summed E-state index contributed by atoms with van der Waals surface area (Å²) in [7, 11) is 0. The molecule has 0 saturated carbocycles. The number of nitriles is 1. The summed E-state index contributed by atoms with van der Waals surface area (Å²) < 4.78 is 5.49. The van der Waals surface area contributed by atoms with Crippen molar-refractivity contribution in [3.63, 3.8) is 0 Å². The zero-order valence-corrected chi connectivity index (χ0v) is 12.7. The van der Waals surface area contributed by atoms with Crippen LogP contribution in [-0.2, 0) is 6.54 Å². The highest BCUT2D eigenvalue weighted by atomic mass is 32.1. The van der Waals surface area contributed by atoms with Crippen molar-refractivity contribution in [3.05, 3.63) is 51.7 Å². The molecular formula is C16H18N2O2S. The highest BCUT2D eigenvalue weighted by molar-refractivity contribution is 7.10. The number of para-hydroxylation sites is 1. The number of ether oxygens (including phenoxy) is 1. The number of nitrogens with one attached hydrogen (secondary N) is 1. The summed E-state index contributed by atoms with van der Waals surface area (Å²) in [5, 5.41) is 24.1. The molecule has 0 amide bonds. The van der Waals surface area contributed by atoms with Gasteiger partial charge in [-0.2, -0.15) is 5.26 Å². The number of benzene rings is 1. The standard InChI is InChI=1S/C16H18N2O2S/c1-12-6-7-21-16(12)10-18-9-14(19)11-20-15-5-3-2-4-13(15)8-17/h2-7,14,18-19H,9-11H2,1H3. The Hall–Kier alpha value is -1.87. The average Bonchev–Trinajstić information content (AvgIpc) is 2.91. The van der Waals surface area contributed by atoms with Gasteiger partial charge in [0.05, 0.1) is 5.56 Å². The molecule has 0 aliphatic carbocycles. The van der Waals surface area contributed by atoms with Crippen molar-refractivity contribution in [3.8, 4) is 11.8 Å². The fraction of sp³-hybridized carbons (Fsp3) is 0.312. The van der Waals surface area contributed by atoms with Crippen LogP contribution in [-0.4, -0.2) is 24.4 Å². The van der Waals surface area contributed by atoms with Gasteiger partial charge < -0.3 is 15.2 Å². The lowest BCUT2D eigenvalue weighted by atomic mass is 10.2. The van der Waals surface area contributed by atoms with Crippen molar-refractivity contribution in [2.75, 3.05) is 13.2 Å². The second-order valence-corrected chi connectivity index (χ2v) is 5.73. The molecule has 21 heavy (non-hydrogen) atoms. The van der Waals surface area contributed by atoms with E-state index in [1.807, 2.05) is 0 Å². The fourth-order valence-electron chi connectivity index (χ4n) is 1.87. The third-order valence-corrected chi connectivity index (χ3v) is 4.10. The second kappa shape index (κ2) is 7.79. The lowest BCUT2D eigenvalue weighted by Crippen LogP contribution is -2.31. The Labute approximate surface area is 128 Å². The van der Waals surface area contributed by atoms with Crippen LogP contribution < -0.4 is 10.1 Å². The van der Waals surface area contributed by atoms with Crippen molar-refractivity contribution in [1.82, 2.24) is 5.32 Å². The summed E-state index contributed by atoms with van der Waals surface area (Å²) in [6.45, 7) is 3.43. The van der Waals surface area contributed by atoms with Gasteiger partial charge in [-0.05, 0) is 36.1 Å². The molecular weight excluding hydrogens is 284 g/mol. The number of aliphatic hydroxyl groups excluding tert-OH is 1. The zero-order chi connectivity index (χ0) is 15.1. The number of rotatable bonds is 7. The molecule has 1 heterocycles. The van der Waals surface area contributed by atoms with Crippen molar-refractivity contribution in [2.45, 2.75) is 19.6 Å². The Morgan fingerprint density at radius 1 is 1.38 bits per heavy atom. The molecule has 0 radical (unpaired) electrons. The number of aliphatic hydroxyl groups is 1. The summed E-state index contributed by atoms with van der Waals surface area (Å²) in [5.74, 6) is 0.508. The number of thiophene rings is 1. The minimum absolute atomic E-state index is 0.162. The maximum Gasteiger partial charge on any atom is 0.137 e. The largest absolute Gasteiger partial charge is 0.489 e. The Kier molecular flexibility index (Phi) is 5.76. The summed E-state index contributed by atoms with van der Waals surface area (Å²) >= 11 is 1.70. The fourth-order valence-corrected chi connectivity index (χ4v) is 2.74. The van der Waals surface area contributed by atoms with Crippen LogP contribution in [0.4, 0.5) is 0 Å². The molecule has 1 aromatic heterocycles. The summed E-state index contributed by atoms with van der Waals surface area (Å²) in [6.07, 6.45) is -0.614. The van der Waals surface area contributed by atoms with Gasteiger partial charge in [-0.15, -0.1) is 11.3 Å². The molecule has 2 aromatic rings. The van der Waals surface area contributed by atoms with Crippen LogP contribution >= 0.6 is 11.3 Å². The van der Waals surface area contributed by atoms with E-state index in [2.05, 4.69) is 29.8 Å². The van der Waals surface area contributed by atoms with E-state index in [1.54, 1.807) is 35.6 Å². The van der Waals surface area contributed by atoms with Crippen LogP contribution in [0.3, 0.4) is 0 Å². The molecule has 0 aliphatic rings. The molecule has 0 fully saturated rings. The third-order valence-electron chi connectivity index (χ3n) is 3.07. The maximum absolute atomic E-state index is 9.91. The van der Waals surface area contributed by atoms with Gasteiger partial charge in [0.1, 0.15) is 24.5 Å². The van der Waals surface area contributed by atoms with E-state index in [1.165, 1.54) is 10.4 Å². The van der Waals surface area contributed by atoms with Crippen molar-refractivity contribution < 1.29 is 9.84 Å². The summed E-state index contributed by atoms with van der Waals surface area (Å²) in [5.41, 5.74) is 1.74. The SMILES string of the molecule is Cc1ccsc1CNCC(O)COc1ccccc1C#N. The lowest BCUT2D eigenvalue weighted by Gasteiger charge is -2.13. The van der Waals surface area contributed by atoms with E-state index in [4.69, 9.17) is 10.00 Å². The third kappa shape index (κ3) is 4.57. The number of hydrogen-bond donors (Lipinski definition) is 2. The first-order valence-electron chi connectivity index (χ1n) is 6.74. The first-order chi connectivity index (χ1) is 10.2. The minimum Gasteiger partial charge on any atom is -0.489 e. The number of hydrogen-bond acceptors (Lipinski definition) is 5. The van der Waals surface area contributed by atoms with E-state index in [0.717, 1.165) is 6.54 Å². The van der Waals surface area contributed by atoms with E-state index < -0.39 is 6.10 Å². The molecule has 1 aromatic carbocycles. The van der Waals surface area contributed by atoms with Crippen LogP contribution in [0.5, 0.6) is 5.75 Å². The molecule has 0 aliphatic heterocycles. The molecule has 110 valence electrons. The van der Waals surface area contributed by atoms with Crippen LogP contribution in [0.1, 0.15) is 16.0 Å². The average molecular weight is 302 g/mol. The van der Waals surface area contributed by atoms with Crippen LogP contribution in [0.15, 0.2) is 35.7 Å². The van der Waals surface area contributed by atoms with Gasteiger partial charge in [-0.3, -0.25) is 0 Å². The minimum atomic E-state index is -0.614. The smallest absolute Gasteiger partial charge is 0.137 e. The first kappa shape index (κ1) is 15.5. The normalized spacial score (nSPS) is 11.9. The van der Waals surface area contributed by atoms with Crippen LogP contribution in [0.25, 0.3) is 0 Å². The Balaban J connectivity index is 1.74. The first-order valence-corrected chi connectivity index (χ1v) is 7.62. The topological polar surface area (TPSA) is 65.3 Å². The van der Waals surface area contributed by atoms with E-state index in [0.29, 0.717) is 17.9 Å². The molecule has 4 nitrogen and oxygen atoms in total. The highest BCUT2D eigenvalue weighted by Gasteiger charge is 2.08. The van der Waals surface area contributed by atoms with Gasteiger partial charge in [0.15, 0.2) is 0 Å². The van der Waals surface area contributed by atoms with Crippen LogP contribution in [0.2, 0.25) is 0 Å². The van der Waals surface area contributed by atoms with Gasteiger partial charge in [-0.1, -0.05) is 12.1 Å². The highest BCUT2D eigenvalue weighted by Crippen LogP contribution is 2.17. The quantitative estimate of drug-likeness (QED) is 0.824. The van der Waals surface area contributed by atoms with E-state index in [-0.39, 0.29) is 6.61 Å². The molecule has 0 saturated heterocycles. The molecule has 5 heteroatoms. The molecule has 2 N–H and O–H groups in total. The predicted molar refractivity (Wildman–Crippen MR) is 83.4 cm³/mol. The van der Waals surface area contributed by atoms with Crippen LogP contribution in [0, 0.1) is 18.3 Å².